The molecule has 0 fully saturated rings. The number of rotatable bonds is 10. The predicted molar refractivity (Wildman–Crippen MR) is 200 cm³/mol. The molecule has 0 aliphatic rings. The molecule has 4 nitrogen and oxygen atoms in total. The lowest BCUT2D eigenvalue weighted by Crippen LogP contribution is -2.12. The molecule has 0 aliphatic heterocycles. The minimum Gasteiger partial charge on any atom is -0.345 e. The summed E-state index contributed by atoms with van der Waals surface area (Å²) in [6.45, 7) is 0. The standard InChI is InChI=1S/C42H40N4/c1-43(35-16-7-5-8-17-35)37-24-26-39(27-25-37)45(3)41-20-13-14-33(32-41)22-23-34-15-11-12-21-42(34)46(4)40-30-28-38(29-31-40)44(2)36-18-9-6-10-19-36/h5-32H,1-4H3/b23-22+. The molecule has 0 bridgehead atoms. The fraction of sp³-hybridized carbons (Fsp3) is 0.0952. The molecular formula is C42H40N4. The SMILES string of the molecule is CN(c1ccccc1)c1ccc(N(C)c2cccc(/C=C/c3ccccc3N(C)c3ccc(N(C)c4ccccc4)cc3)c2)cc1. The van der Waals surface area contributed by atoms with Crippen LogP contribution in [0.15, 0.2) is 158 Å². The molecule has 0 saturated heterocycles. The van der Waals surface area contributed by atoms with E-state index in [0.717, 1.165) is 45.3 Å². The Bertz CT molecular complexity index is 1880. The van der Waals surface area contributed by atoms with Gasteiger partial charge in [0.25, 0.3) is 0 Å². The molecule has 0 amide bonds. The van der Waals surface area contributed by atoms with Gasteiger partial charge < -0.3 is 19.6 Å². The van der Waals surface area contributed by atoms with Gasteiger partial charge in [-0.3, -0.25) is 0 Å². The van der Waals surface area contributed by atoms with Gasteiger partial charge in [-0.15, -0.1) is 0 Å². The highest BCUT2D eigenvalue weighted by Gasteiger charge is 2.11. The van der Waals surface area contributed by atoms with Gasteiger partial charge in [-0.2, -0.15) is 0 Å². The summed E-state index contributed by atoms with van der Waals surface area (Å²) in [5.74, 6) is 0. The van der Waals surface area contributed by atoms with E-state index in [-0.39, 0.29) is 0 Å². The van der Waals surface area contributed by atoms with E-state index in [0.29, 0.717) is 0 Å². The van der Waals surface area contributed by atoms with Crippen molar-refractivity contribution in [3.8, 4) is 0 Å². The Morgan fingerprint density at radius 2 is 0.717 bits per heavy atom. The molecule has 228 valence electrons. The maximum atomic E-state index is 2.25. The normalized spacial score (nSPS) is 11.0. The second-order valence-electron chi connectivity index (χ2n) is 11.4. The first-order chi connectivity index (χ1) is 22.5. The predicted octanol–water partition coefficient (Wildman–Crippen LogP) is 10.9. The molecule has 4 heteroatoms. The van der Waals surface area contributed by atoms with E-state index in [4.69, 9.17) is 0 Å². The Labute approximate surface area is 273 Å². The average molecular weight is 601 g/mol. The molecule has 0 unspecified atom stereocenters. The van der Waals surface area contributed by atoms with Crippen molar-refractivity contribution in [3.05, 3.63) is 169 Å². The van der Waals surface area contributed by atoms with Crippen LogP contribution >= 0.6 is 0 Å². The van der Waals surface area contributed by atoms with Crippen molar-refractivity contribution in [3.63, 3.8) is 0 Å². The summed E-state index contributed by atoms with van der Waals surface area (Å²) in [6, 6.07) is 55.5. The van der Waals surface area contributed by atoms with Crippen molar-refractivity contribution < 1.29 is 0 Å². The quantitative estimate of drug-likeness (QED) is 0.145. The van der Waals surface area contributed by atoms with E-state index < -0.39 is 0 Å². The largest absolute Gasteiger partial charge is 0.345 e. The van der Waals surface area contributed by atoms with Crippen molar-refractivity contribution in [2.75, 3.05) is 47.8 Å². The summed E-state index contributed by atoms with van der Waals surface area (Å²) in [4.78, 5) is 8.87. The van der Waals surface area contributed by atoms with E-state index in [1.165, 1.54) is 11.4 Å². The molecule has 6 aromatic carbocycles. The highest BCUT2D eigenvalue weighted by atomic mass is 15.1. The van der Waals surface area contributed by atoms with E-state index >= 15 is 0 Å². The van der Waals surface area contributed by atoms with Crippen molar-refractivity contribution >= 4 is 57.7 Å². The van der Waals surface area contributed by atoms with E-state index in [1.807, 2.05) is 12.1 Å². The first-order valence-corrected chi connectivity index (χ1v) is 15.6. The van der Waals surface area contributed by atoms with Crippen LogP contribution in [-0.4, -0.2) is 28.2 Å². The summed E-state index contributed by atoms with van der Waals surface area (Å²) in [5.41, 5.74) is 11.5. The second kappa shape index (κ2) is 13.9. The molecule has 0 N–H and O–H groups in total. The Morgan fingerprint density at radius 1 is 0.326 bits per heavy atom. The fourth-order valence-corrected chi connectivity index (χ4v) is 5.65. The van der Waals surface area contributed by atoms with Gasteiger partial charge in [-0.05, 0) is 102 Å². The Kier molecular flexibility index (Phi) is 9.17. The molecule has 0 aliphatic carbocycles. The first-order valence-electron chi connectivity index (χ1n) is 15.6. The Hall–Kier alpha value is -5.74. The van der Waals surface area contributed by atoms with E-state index in [1.54, 1.807) is 0 Å². The van der Waals surface area contributed by atoms with Gasteiger partial charge in [0.05, 0.1) is 0 Å². The average Bonchev–Trinajstić information content (AvgIpc) is 3.14. The summed E-state index contributed by atoms with van der Waals surface area (Å²) >= 11 is 0. The molecule has 0 radical (unpaired) electrons. The van der Waals surface area contributed by atoms with Crippen LogP contribution in [0.25, 0.3) is 12.2 Å². The summed E-state index contributed by atoms with van der Waals surface area (Å²) < 4.78 is 0. The summed E-state index contributed by atoms with van der Waals surface area (Å²) in [5, 5.41) is 0. The van der Waals surface area contributed by atoms with E-state index in [2.05, 4.69) is 206 Å². The van der Waals surface area contributed by atoms with Gasteiger partial charge in [0.15, 0.2) is 0 Å². The third kappa shape index (κ3) is 6.82. The molecule has 46 heavy (non-hydrogen) atoms. The highest BCUT2D eigenvalue weighted by Crippen LogP contribution is 2.32. The third-order valence-electron chi connectivity index (χ3n) is 8.55. The van der Waals surface area contributed by atoms with Crippen LogP contribution in [0.1, 0.15) is 11.1 Å². The maximum Gasteiger partial charge on any atom is 0.0481 e. The molecule has 0 aromatic heterocycles. The van der Waals surface area contributed by atoms with Crippen molar-refractivity contribution in [2.45, 2.75) is 0 Å². The number of anilines is 8. The van der Waals surface area contributed by atoms with Crippen LogP contribution < -0.4 is 19.6 Å². The number of nitrogens with zero attached hydrogens (tertiary/aromatic N) is 4. The van der Waals surface area contributed by atoms with Crippen molar-refractivity contribution in [1.82, 2.24) is 0 Å². The molecular weight excluding hydrogens is 560 g/mol. The maximum absolute atomic E-state index is 2.25. The van der Waals surface area contributed by atoms with Crippen LogP contribution in [0.4, 0.5) is 45.5 Å². The lowest BCUT2D eigenvalue weighted by molar-refractivity contribution is 1.18. The summed E-state index contributed by atoms with van der Waals surface area (Å²) in [7, 11) is 8.44. The zero-order valence-corrected chi connectivity index (χ0v) is 27.0. The van der Waals surface area contributed by atoms with Crippen molar-refractivity contribution in [2.24, 2.45) is 0 Å². The zero-order valence-electron chi connectivity index (χ0n) is 27.0. The smallest absolute Gasteiger partial charge is 0.0481 e. The molecule has 0 spiro atoms. The molecule has 0 heterocycles. The minimum absolute atomic E-state index is 1.13. The van der Waals surface area contributed by atoms with Crippen LogP contribution in [0, 0.1) is 0 Å². The van der Waals surface area contributed by atoms with Gasteiger partial charge in [-0.25, -0.2) is 0 Å². The van der Waals surface area contributed by atoms with Crippen LogP contribution in [0.2, 0.25) is 0 Å². The molecule has 0 saturated carbocycles. The van der Waals surface area contributed by atoms with Crippen molar-refractivity contribution in [1.29, 1.82) is 0 Å². The van der Waals surface area contributed by atoms with Crippen LogP contribution in [-0.2, 0) is 0 Å². The van der Waals surface area contributed by atoms with Crippen LogP contribution in [0.5, 0.6) is 0 Å². The lowest BCUT2D eigenvalue weighted by Gasteiger charge is -2.24. The number of hydrogen-bond acceptors (Lipinski definition) is 4. The first kappa shape index (κ1) is 30.3. The van der Waals surface area contributed by atoms with Gasteiger partial charge in [0.1, 0.15) is 0 Å². The zero-order chi connectivity index (χ0) is 31.9. The minimum atomic E-state index is 1.13. The highest BCUT2D eigenvalue weighted by molar-refractivity contribution is 5.81. The Balaban J connectivity index is 1.16. The van der Waals surface area contributed by atoms with Crippen LogP contribution in [0.3, 0.4) is 0 Å². The van der Waals surface area contributed by atoms with Gasteiger partial charge >= 0.3 is 0 Å². The molecule has 0 atom stereocenters. The van der Waals surface area contributed by atoms with Gasteiger partial charge in [0, 0.05) is 73.7 Å². The topological polar surface area (TPSA) is 13.0 Å². The van der Waals surface area contributed by atoms with Gasteiger partial charge in [-0.1, -0.05) is 78.9 Å². The fourth-order valence-electron chi connectivity index (χ4n) is 5.65. The lowest BCUT2D eigenvalue weighted by atomic mass is 10.1. The summed E-state index contributed by atoms with van der Waals surface area (Å²) in [6.07, 6.45) is 4.40. The van der Waals surface area contributed by atoms with E-state index in [9.17, 15) is 0 Å². The number of hydrogen-bond donors (Lipinski definition) is 0. The Morgan fingerprint density at radius 3 is 1.24 bits per heavy atom. The third-order valence-corrected chi connectivity index (χ3v) is 8.55. The monoisotopic (exact) mass is 600 g/mol. The molecule has 6 rings (SSSR count). The number of para-hydroxylation sites is 3. The second-order valence-corrected chi connectivity index (χ2v) is 11.4. The molecule has 6 aromatic rings. The number of benzene rings is 6. The van der Waals surface area contributed by atoms with Gasteiger partial charge in [0.2, 0.25) is 0 Å².